The Kier molecular flexibility index (Phi) is 1.95. The van der Waals surface area contributed by atoms with Gasteiger partial charge in [-0.2, -0.15) is 0 Å². The lowest BCUT2D eigenvalue weighted by molar-refractivity contribution is -0.117. The number of fused-ring (bicyclic) bond motifs is 1. The van der Waals surface area contributed by atoms with Crippen LogP contribution in [0.4, 0.5) is 5.69 Å². The minimum atomic E-state index is 0.112. The molecule has 0 atom stereocenters. The number of phenols is 1. The standard InChI is InChI=1S/C11H13NO2/c1-7(2)12-10-6-9(13)4-3-8(10)5-11(12)14/h3-4,6-7,13H,5H2,1-2H3. The van der Waals surface area contributed by atoms with Crippen molar-refractivity contribution in [1.29, 1.82) is 0 Å². The molecule has 1 amide bonds. The molecule has 0 saturated carbocycles. The van der Waals surface area contributed by atoms with Crippen LogP contribution in [0.1, 0.15) is 19.4 Å². The van der Waals surface area contributed by atoms with E-state index in [1.54, 1.807) is 17.0 Å². The number of carbonyl (C=O) groups is 1. The Bertz CT molecular complexity index is 385. The molecule has 0 fully saturated rings. The minimum Gasteiger partial charge on any atom is -0.508 e. The van der Waals surface area contributed by atoms with Crippen molar-refractivity contribution in [3.8, 4) is 5.75 Å². The topological polar surface area (TPSA) is 40.5 Å². The average molecular weight is 191 g/mol. The molecule has 1 aliphatic rings. The Morgan fingerprint density at radius 1 is 1.43 bits per heavy atom. The molecule has 0 aliphatic carbocycles. The van der Waals surface area contributed by atoms with Gasteiger partial charge in [0.25, 0.3) is 0 Å². The molecule has 14 heavy (non-hydrogen) atoms. The van der Waals surface area contributed by atoms with Crippen LogP contribution in [0.15, 0.2) is 18.2 Å². The van der Waals surface area contributed by atoms with E-state index in [2.05, 4.69) is 0 Å². The van der Waals surface area contributed by atoms with Gasteiger partial charge < -0.3 is 10.0 Å². The fourth-order valence-electron chi connectivity index (χ4n) is 1.87. The number of carbonyl (C=O) groups excluding carboxylic acids is 1. The molecule has 0 aromatic heterocycles. The number of hydrogen-bond donors (Lipinski definition) is 1. The summed E-state index contributed by atoms with van der Waals surface area (Å²) in [6.07, 6.45) is 0.452. The van der Waals surface area contributed by atoms with Gasteiger partial charge in [-0.05, 0) is 25.5 Å². The molecule has 1 aliphatic heterocycles. The Hall–Kier alpha value is -1.51. The maximum absolute atomic E-state index is 11.6. The molecule has 1 aromatic rings. The van der Waals surface area contributed by atoms with Gasteiger partial charge in [0.1, 0.15) is 5.75 Å². The largest absolute Gasteiger partial charge is 0.508 e. The van der Waals surface area contributed by atoms with E-state index < -0.39 is 0 Å². The molecular weight excluding hydrogens is 178 g/mol. The Morgan fingerprint density at radius 2 is 2.14 bits per heavy atom. The molecule has 0 radical (unpaired) electrons. The normalized spacial score (nSPS) is 15.1. The quantitative estimate of drug-likeness (QED) is 0.733. The van der Waals surface area contributed by atoms with Gasteiger partial charge in [0.05, 0.1) is 12.1 Å². The predicted octanol–water partition coefficient (Wildman–Crippen LogP) is 1.69. The zero-order valence-electron chi connectivity index (χ0n) is 8.32. The van der Waals surface area contributed by atoms with Gasteiger partial charge in [-0.25, -0.2) is 0 Å². The molecule has 0 spiro atoms. The highest BCUT2D eigenvalue weighted by Crippen LogP contribution is 2.33. The predicted molar refractivity (Wildman–Crippen MR) is 54.4 cm³/mol. The molecule has 2 rings (SSSR count). The van der Waals surface area contributed by atoms with Crippen molar-refractivity contribution >= 4 is 11.6 Å². The van der Waals surface area contributed by atoms with E-state index >= 15 is 0 Å². The van der Waals surface area contributed by atoms with E-state index in [0.717, 1.165) is 11.3 Å². The van der Waals surface area contributed by atoms with Gasteiger partial charge in [0.2, 0.25) is 5.91 Å². The third-order valence-electron chi connectivity index (χ3n) is 2.46. The van der Waals surface area contributed by atoms with Gasteiger partial charge in [-0.15, -0.1) is 0 Å². The van der Waals surface area contributed by atoms with E-state index in [1.165, 1.54) is 0 Å². The van der Waals surface area contributed by atoms with E-state index in [0.29, 0.717) is 6.42 Å². The molecule has 1 heterocycles. The molecule has 0 saturated heterocycles. The summed E-state index contributed by atoms with van der Waals surface area (Å²) in [6.45, 7) is 3.94. The zero-order valence-corrected chi connectivity index (χ0v) is 8.32. The Morgan fingerprint density at radius 3 is 2.79 bits per heavy atom. The van der Waals surface area contributed by atoms with Crippen LogP contribution in [0.5, 0.6) is 5.75 Å². The first-order chi connectivity index (χ1) is 6.59. The number of rotatable bonds is 1. The SMILES string of the molecule is CC(C)N1C(=O)Cc2ccc(O)cc21. The molecule has 3 heteroatoms. The van der Waals surface area contributed by atoms with Crippen LogP contribution in [0.2, 0.25) is 0 Å². The van der Waals surface area contributed by atoms with Gasteiger partial charge in [0.15, 0.2) is 0 Å². The third-order valence-corrected chi connectivity index (χ3v) is 2.46. The van der Waals surface area contributed by atoms with Gasteiger partial charge in [-0.3, -0.25) is 4.79 Å². The minimum absolute atomic E-state index is 0.112. The molecule has 1 N–H and O–H groups in total. The Labute approximate surface area is 83.0 Å². The van der Waals surface area contributed by atoms with Crippen LogP contribution in [-0.2, 0) is 11.2 Å². The van der Waals surface area contributed by atoms with Crippen molar-refractivity contribution < 1.29 is 9.90 Å². The second-order valence-corrected chi connectivity index (χ2v) is 3.85. The maximum atomic E-state index is 11.6. The summed E-state index contributed by atoms with van der Waals surface area (Å²) < 4.78 is 0. The van der Waals surface area contributed by atoms with Crippen molar-refractivity contribution in [1.82, 2.24) is 0 Å². The lowest BCUT2D eigenvalue weighted by Crippen LogP contribution is -2.33. The van der Waals surface area contributed by atoms with Crippen LogP contribution in [0.25, 0.3) is 0 Å². The number of nitrogens with zero attached hydrogens (tertiary/aromatic N) is 1. The summed E-state index contributed by atoms with van der Waals surface area (Å²) in [6, 6.07) is 5.23. The van der Waals surface area contributed by atoms with Crippen molar-refractivity contribution in [2.24, 2.45) is 0 Å². The maximum Gasteiger partial charge on any atom is 0.231 e. The molecule has 0 unspecified atom stereocenters. The number of benzene rings is 1. The summed E-state index contributed by atoms with van der Waals surface area (Å²) in [5.74, 6) is 0.324. The molecular formula is C11H13NO2. The van der Waals surface area contributed by atoms with Crippen LogP contribution in [-0.4, -0.2) is 17.1 Å². The molecule has 74 valence electrons. The van der Waals surface area contributed by atoms with E-state index in [9.17, 15) is 9.90 Å². The first-order valence-corrected chi connectivity index (χ1v) is 4.73. The van der Waals surface area contributed by atoms with Gasteiger partial charge in [-0.1, -0.05) is 6.07 Å². The van der Waals surface area contributed by atoms with Crippen molar-refractivity contribution in [3.05, 3.63) is 23.8 Å². The van der Waals surface area contributed by atoms with Gasteiger partial charge in [0, 0.05) is 12.1 Å². The fraction of sp³-hybridized carbons (Fsp3) is 0.364. The zero-order chi connectivity index (χ0) is 10.3. The average Bonchev–Trinajstić information content (AvgIpc) is 2.40. The van der Waals surface area contributed by atoms with Crippen LogP contribution in [0, 0.1) is 0 Å². The smallest absolute Gasteiger partial charge is 0.231 e. The van der Waals surface area contributed by atoms with Crippen molar-refractivity contribution in [2.45, 2.75) is 26.3 Å². The summed E-state index contributed by atoms with van der Waals surface area (Å²) >= 11 is 0. The van der Waals surface area contributed by atoms with Crippen LogP contribution in [0.3, 0.4) is 0 Å². The summed E-state index contributed by atoms with van der Waals surface area (Å²) in [5.41, 5.74) is 1.85. The summed E-state index contributed by atoms with van der Waals surface area (Å²) in [4.78, 5) is 13.4. The summed E-state index contributed by atoms with van der Waals surface area (Å²) in [5, 5.41) is 9.34. The third kappa shape index (κ3) is 1.25. The lowest BCUT2D eigenvalue weighted by atomic mass is 10.1. The fourth-order valence-corrected chi connectivity index (χ4v) is 1.87. The van der Waals surface area contributed by atoms with E-state index in [-0.39, 0.29) is 17.7 Å². The van der Waals surface area contributed by atoms with Crippen LogP contribution < -0.4 is 4.90 Å². The highest BCUT2D eigenvalue weighted by atomic mass is 16.3. The molecule has 0 bridgehead atoms. The second-order valence-electron chi connectivity index (χ2n) is 3.85. The second kappa shape index (κ2) is 3.01. The summed E-state index contributed by atoms with van der Waals surface area (Å²) in [7, 11) is 0. The number of amides is 1. The number of aromatic hydroxyl groups is 1. The first kappa shape index (κ1) is 9.06. The number of hydrogen-bond acceptors (Lipinski definition) is 2. The lowest BCUT2D eigenvalue weighted by Gasteiger charge is -2.21. The van der Waals surface area contributed by atoms with Gasteiger partial charge >= 0.3 is 0 Å². The highest BCUT2D eigenvalue weighted by Gasteiger charge is 2.29. The number of anilines is 1. The molecule has 1 aromatic carbocycles. The van der Waals surface area contributed by atoms with Crippen molar-refractivity contribution in [2.75, 3.05) is 4.90 Å². The molecule has 3 nitrogen and oxygen atoms in total. The van der Waals surface area contributed by atoms with Crippen molar-refractivity contribution in [3.63, 3.8) is 0 Å². The number of phenolic OH excluding ortho intramolecular Hbond substituents is 1. The first-order valence-electron chi connectivity index (χ1n) is 4.73. The monoisotopic (exact) mass is 191 g/mol. The van der Waals surface area contributed by atoms with Crippen LogP contribution >= 0.6 is 0 Å². The Balaban J connectivity index is 2.50. The van der Waals surface area contributed by atoms with E-state index in [1.807, 2.05) is 19.9 Å². The highest BCUT2D eigenvalue weighted by molar-refractivity contribution is 6.02. The van der Waals surface area contributed by atoms with E-state index in [4.69, 9.17) is 0 Å².